The van der Waals surface area contributed by atoms with Crippen molar-refractivity contribution in [2.75, 3.05) is 5.75 Å². The summed E-state index contributed by atoms with van der Waals surface area (Å²) in [6.07, 6.45) is -0.918. The summed E-state index contributed by atoms with van der Waals surface area (Å²) in [6, 6.07) is 0. The van der Waals surface area contributed by atoms with Gasteiger partial charge in [-0.1, -0.05) is 0 Å². The SMILES string of the molecule is O=S1(=O)CCC(O)C1O. The van der Waals surface area contributed by atoms with Crippen molar-refractivity contribution < 1.29 is 18.6 Å². The van der Waals surface area contributed by atoms with Gasteiger partial charge in [0.05, 0.1) is 11.9 Å². The van der Waals surface area contributed by atoms with E-state index in [1.54, 1.807) is 0 Å². The van der Waals surface area contributed by atoms with Crippen LogP contribution < -0.4 is 0 Å². The summed E-state index contributed by atoms with van der Waals surface area (Å²) in [4.78, 5) is 0. The Morgan fingerprint density at radius 1 is 1.33 bits per heavy atom. The van der Waals surface area contributed by atoms with Crippen LogP contribution in [0.15, 0.2) is 0 Å². The molecule has 0 saturated carbocycles. The smallest absolute Gasteiger partial charge is 0.181 e. The highest BCUT2D eigenvalue weighted by Crippen LogP contribution is 2.17. The Morgan fingerprint density at radius 2 is 1.89 bits per heavy atom. The lowest BCUT2D eigenvalue weighted by atomic mass is 10.3. The predicted octanol–water partition coefficient (Wildman–Crippen LogP) is -1.52. The summed E-state index contributed by atoms with van der Waals surface area (Å²) in [5.41, 5.74) is -1.54. The maximum atomic E-state index is 10.6. The van der Waals surface area contributed by atoms with Crippen molar-refractivity contribution in [3.63, 3.8) is 0 Å². The number of hydrogen-bond acceptors (Lipinski definition) is 4. The van der Waals surface area contributed by atoms with Gasteiger partial charge in [0.1, 0.15) is 0 Å². The Morgan fingerprint density at radius 3 is 2.00 bits per heavy atom. The third-order valence-corrected chi connectivity index (χ3v) is 3.25. The van der Waals surface area contributed by atoms with Crippen molar-refractivity contribution in [3.8, 4) is 0 Å². The molecule has 2 unspecified atom stereocenters. The maximum absolute atomic E-state index is 10.6. The molecule has 9 heavy (non-hydrogen) atoms. The molecular formula is C4H8O4S. The summed E-state index contributed by atoms with van der Waals surface area (Å²) in [7, 11) is -3.37. The van der Waals surface area contributed by atoms with Gasteiger partial charge in [0.15, 0.2) is 15.3 Å². The lowest BCUT2D eigenvalue weighted by Crippen LogP contribution is -2.24. The van der Waals surface area contributed by atoms with Crippen molar-refractivity contribution in [2.45, 2.75) is 18.0 Å². The maximum Gasteiger partial charge on any atom is 0.181 e. The van der Waals surface area contributed by atoms with Crippen LogP contribution in [-0.2, 0) is 9.84 Å². The van der Waals surface area contributed by atoms with Crippen LogP contribution in [0.3, 0.4) is 0 Å². The number of aliphatic hydroxyl groups excluding tert-OH is 2. The zero-order valence-electron chi connectivity index (χ0n) is 4.69. The van der Waals surface area contributed by atoms with E-state index in [1.165, 1.54) is 0 Å². The molecule has 0 bridgehead atoms. The molecule has 0 aromatic carbocycles. The normalized spacial score (nSPS) is 41.1. The van der Waals surface area contributed by atoms with Gasteiger partial charge in [0.2, 0.25) is 0 Å². The molecule has 2 atom stereocenters. The fourth-order valence-electron chi connectivity index (χ4n) is 0.788. The fourth-order valence-corrected chi connectivity index (χ4v) is 2.21. The predicted molar refractivity (Wildman–Crippen MR) is 30.4 cm³/mol. The number of hydrogen-bond donors (Lipinski definition) is 2. The second kappa shape index (κ2) is 1.93. The molecule has 0 aliphatic carbocycles. The van der Waals surface area contributed by atoms with Crippen LogP contribution in [0, 0.1) is 0 Å². The summed E-state index contributed by atoms with van der Waals surface area (Å²) >= 11 is 0. The Bertz CT molecular complexity index is 195. The zero-order chi connectivity index (χ0) is 7.07. The lowest BCUT2D eigenvalue weighted by molar-refractivity contribution is 0.0766. The van der Waals surface area contributed by atoms with Crippen molar-refractivity contribution >= 4 is 9.84 Å². The van der Waals surface area contributed by atoms with E-state index in [0.717, 1.165) is 0 Å². The van der Waals surface area contributed by atoms with Gasteiger partial charge in [-0.2, -0.15) is 0 Å². The summed E-state index contributed by atoms with van der Waals surface area (Å²) in [6.45, 7) is 0. The fraction of sp³-hybridized carbons (Fsp3) is 1.00. The summed E-state index contributed by atoms with van der Waals surface area (Å²) in [5.74, 6) is -0.102. The van der Waals surface area contributed by atoms with Crippen molar-refractivity contribution in [1.29, 1.82) is 0 Å². The van der Waals surface area contributed by atoms with Crippen LogP contribution in [0.1, 0.15) is 6.42 Å². The van der Waals surface area contributed by atoms with E-state index in [0.29, 0.717) is 0 Å². The molecule has 54 valence electrons. The summed E-state index contributed by atoms with van der Waals surface area (Å²) in [5, 5.41) is 17.4. The van der Waals surface area contributed by atoms with Crippen LogP contribution in [0.25, 0.3) is 0 Å². The van der Waals surface area contributed by atoms with Gasteiger partial charge in [-0.3, -0.25) is 0 Å². The minimum Gasteiger partial charge on any atom is -0.389 e. The van der Waals surface area contributed by atoms with Crippen LogP contribution >= 0.6 is 0 Å². The second-order valence-corrected chi connectivity index (χ2v) is 4.33. The number of aliphatic hydroxyl groups is 2. The van der Waals surface area contributed by atoms with E-state index in [1.807, 2.05) is 0 Å². The zero-order valence-corrected chi connectivity index (χ0v) is 5.50. The molecule has 1 heterocycles. The highest BCUT2D eigenvalue weighted by Gasteiger charge is 2.37. The molecule has 1 saturated heterocycles. The average molecular weight is 152 g/mol. The molecule has 4 nitrogen and oxygen atoms in total. The Kier molecular flexibility index (Phi) is 1.50. The molecule has 2 N–H and O–H groups in total. The molecule has 0 amide bonds. The molecule has 0 aromatic heterocycles. The first-order chi connectivity index (χ1) is 4.04. The van der Waals surface area contributed by atoms with Crippen LogP contribution in [0.5, 0.6) is 0 Å². The Hall–Kier alpha value is -0.130. The van der Waals surface area contributed by atoms with Gasteiger partial charge in [-0.15, -0.1) is 0 Å². The Balaban J connectivity index is 2.87. The minimum atomic E-state index is -3.37. The average Bonchev–Trinajstić information content (AvgIpc) is 1.97. The quantitative estimate of drug-likeness (QED) is 0.442. The molecule has 0 radical (unpaired) electrons. The van der Waals surface area contributed by atoms with Gasteiger partial charge in [0, 0.05) is 0 Å². The number of rotatable bonds is 0. The van der Waals surface area contributed by atoms with E-state index in [2.05, 4.69) is 0 Å². The van der Waals surface area contributed by atoms with E-state index in [4.69, 9.17) is 10.2 Å². The largest absolute Gasteiger partial charge is 0.389 e. The first-order valence-electron chi connectivity index (χ1n) is 2.62. The van der Waals surface area contributed by atoms with E-state index >= 15 is 0 Å². The third-order valence-electron chi connectivity index (χ3n) is 1.40. The number of sulfone groups is 1. The highest BCUT2D eigenvalue weighted by molar-refractivity contribution is 7.92. The lowest BCUT2D eigenvalue weighted by Gasteiger charge is -2.03. The standard InChI is InChI=1S/C4H8O4S/c5-3-1-2-9(7,8)4(3)6/h3-6H,1-2H2. The second-order valence-electron chi connectivity index (χ2n) is 2.11. The molecule has 0 aromatic rings. The van der Waals surface area contributed by atoms with Crippen LogP contribution in [0.2, 0.25) is 0 Å². The van der Waals surface area contributed by atoms with Gasteiger partial charge in [-0.05, 0) is 6.42 Å². The van der Waals surface area contributed by atoms with Gasteiger partial charge in [-0.25, -0.2) is 8.42 Å². The monoisotopic (exact) mass is 152 g/mol. The van der Waals surface area contributed by atoms with Gasteiger partial charge in [0.25, 0.3) is 0 Å². The van der Waals surface area contributed by atoms with Crippen molar-refractivity contribution in [3.05, 3.63) is 0 Å². The van der Waals surface area contributed by atoms with Crippen molar-refractivity contribution in [2.24, 2.45) is 0 Å². The molecule has 1 rings (SSSR count). The molecule has 5 heteroatoms. The van der Waals surface area contributed by atoms with Crippen LogP contribution in [-0.4, -0.2) is 35.9 Å². The van der Waals surface area contributed by atoms with Crippen molar-refractivity contribution in [1.82, 2.24) is 0 Å². The minimum absolute atomic E-state index is 0.102. The van der Waals surface area contributed by atoms with Gasteiger partial charge < -0.3 is 10.2 Å². The van der Waals surface area contributed by atoms with E-state index in [-0.39, 0.29) is 12.2 Å². The summed E-state index contributed by atoms with van der Waals surface area (Å²) < 4.78 is 21.1. The first-order valence-corrected chi connectivity index (χ1v) is 4.33. The molecule has 1 aliphatic heterocycles. The van der Waals surface area contributed by atoms with E-state index in [9.17, 15) is 8.42 Å². The molecule has 1 aliphatic rings. The molecule has 0 spiro atoms. The topological polar surface area (TPSA) is 74.6 Å². The molecular weight excluding hydrogens is 144 g/mol. The van der Waals surface area contributed by atoms with E-state index < -0.39 is 21.4 Å². The first kappa shape index (κ1) is 6.98. The highest BCUT2D eigenvalue weighted by atomic mass is 32.2. The Labute approximate surface area is 53.0 Å². The molecule has 1 fully saturated rings. The van der Waals surface area contributed by atoms with Crippen LogP contribution in [0.4, 0.5) is 0 Å². The third kappa shape index (κ3) is 1.08. The van der Waals surface area contributed by atoms with Gasteiger partial charge >= 0.3 is 0 Å².